The first-order valence-electron chi connectivity index (χ1n) is 8.48. The number of benzene rings is 1. The zero-order valence-corrected chi connectivity index (χ0v) is 13.8. The van der Waals surface area contributed by atoms with Crippen molar-refractivity contribution in [3.05, 3.63) is 60.9 Å². The summed E-state index contributed by atoms with van der Waals surface area (Å²) in [5.41, 5.74) is 1.66. The smallest absolute Gasteiger partial charge is 0.322 e. The van der Waals surface area contributed by atoms with Gasteiger partial charge in [-0.15, -0.1) is 0 Å². The molecule has 1 atom stereocenters. The number of H-pyrrole nitrogens is 1. The number of aromatic nitrogens is 4. The van der Waals surface area contributed by atoms with Gasteiger partial charge in [-0.3, -0.25) is 0 Å². The molecule has 1 aromatic carbocycles. The summed E-state index contributed by atoms with van der Waals surface area (Å²) in [6.07, 6.45) is 10.2. The maximum absolute atomic E-state index is 12.8. The van der Waals surface area contributed by atoms with Crippen LogP contribution in [0.1, 0.15) is 31.1 Å². The van der Waals surface area contributed by atoms with Crippen molar-refractivity contribution in [1.29, 1.82) is 0 Å². The van der Waals surface area contributed by atoms with Crippen LogP contribution in [-0.2, 0) is 0 Å². The Labute approximate surface area is 145 Å². The van der Waals surface area contributed by atoms with Crippen LogP contribution in [0.25, 0.3) is 5.69 Å². The molecule has 1 aliphatic rings. The van der Waals surface area contributed by atoms with Crippen molar-refractivity contribution in [3.63, 3.8) is 0 Å². The predicted molar refractivity (Wildman–Crippen MR) is 94.5 cm³/mol. The molecule has 128 valence electrons. The molecule has 4 rings (SSSR count). The first-order valence-corrected chi connectivity index (χ1v) is 8.48. The molecule has 3 aromatic rings. The number of anilines is 1. The molecule has 1 aliphatic heterocycles. The van der Waals surface area contributed by atoms with Crippen LogP contribution in [0.4, 0.5) is 10.5 Å². The lowest BCUT2D eigenvalue weighted by atomic mass is 10.0. The number of rotatable bonds is 3. The number of carbonyl (C=O) groups is 1. The van der Waals surface area contributed by atoms with Crippen LogP contribution in [0, 0.1) is 0 Å². The first kappa shape index (κ1) is 15.4. The molecule has 0 saturated carbocycles. The molecule has 1 saturated heterocycles. The van der Waals surface area contributed by atoms with E-state index in [9.17, 15) is 4.79 Å². The van der Waals surface area contributed by atoms with E-state index in [4.69, 9.17) is 0 Å². The van der Waals surface area contributed by atoms with Gasteiger partial charge in [-0.1, -0.05) is 6.07 Å². The molecular formula is C18H20N6O. The van der Waals surface area contributed by atoms with Gasteiger partial charge in [-0.05, 0) is 43.5 Å². The van der Waals surface area contributed by atoms with E-state index in [2.05, 4.69) is 20.4 Å². The van der Waals surface area contributed by atoms with Crippen molar-refractivity contribution in [2.45, 2.75) is 25.3 Å². The maximum atomic E-state index is 12.8. The Hall–Kier alpha value is -3.09. The van der Waals surface area contributed by atoms with Gasteiger partial charge < -0.3 is 15.2 Å². The van der Waals surface area contributed by atoms with Gasteiger partial charge in [0.1, 0.15) is 5.82 Å². The zero-order chi connectivity index (χ0) is 17.1. The topological polar surface area (TPSA) is 78.8 Å². The van der Waals surface area contributed by atoms with Gasteiger partial charge in [0.15, 0.2) is 0 Å². The Morgan fingerprint density at radius 1 is 1.24 bits per heavy atom. The van der Waals surface area contributed by atoms with Crippen molar-refractivity contribution in [2.75, 3.05) is 11.9 Å². The van der Waals surface area contributed by atoms with Crippen molar-refractivity contribution in [1.82, 2.24) is 24.6 Å². The monoisotopic (exact) mass is 336 g/mol. The normalized spacial score (nSPS) is 17.4. The van der Waals surface area contributed by atoms with Crippen molar-refractivity contribution in [2.24, 2.45) is 0 Å². The van der Waals surface area contributed by atoms with Crippen LogP contribution in [0.3, 0.4) is 0 Å². The molecule has 1 fully saturated rings. The van der Waals surface area contributed by atoms with Crippen molar-refractivity contribution >= 4 is 11.7 Å². The van der Waals surface area contributed by atoms with Crippen molar-refractivity contribution in [3.8, 4) is 5.69 Å². The van der Waals surface area contributed by atoms with Crippen LogP contribution in [0.2, 0.25) is 0 Å². The third-order valence-electron chi connectivity index (χ3n) is 4.47. The standard InChI is InChI=1S/C18H20N6O/c25-18(23-11-2-1-7-16(23)17-19-9-10-20-17)22-14-5-3-6-15(13-14)24-12-4-8-21-24/h3-6,8-10,12-13,16H,1-2,7,11H2,(H,19,20)(H,22,25)/t16-/m1/s1. The average molecular weight is 336 g/mol. The summed E-state index contributed by atoms with van der Waals surface area (Å²) >= 11 is 0. The second-order valence-corrected chi connectivity index (χ2v) is 6.11. The Morgan fingerprint density at radius 3 is 3.00 bits per heavy atom. The molecule has 0 radical (unpaired) electrons. The van der Waals surface area contributed by atoms with E-state index in [0.717, 1.165) is 43.0 Å². The van der Waals surface area contributed by atoms with E-state index < -0.39 is 0 Å². The molecule has 0 bridgehead atoms. The second kappa shape index (κ2) is 6.80. The number of hydrogen-bond acceptors (Lipinski definition) is 3. The van der Waals surface area contributed by atoms with E-state index in [1.165, 1.54) is 0 Å². The number of piperidine rings is 1. The van der Waals surface area contributed by atoms with Gasteiger partial charge in [0.2, 0.25) is 0 Å². The number of amides is 2. The molecule has 2 aromatic heterocycles. The molecule has 7 nitrogen and oxygen atoms in total. The minimum absolute atomic E-state index is 0.00181. The van der Waals surface area contributed by atoms with E-state index in [1.54, 1.807) is 23.3 Å². The molecule has 7 heteroatoms. The summed E-state index contributed by atoms with van der Waals surface area (Å²) in [6.45, 7) is 0.732. The third-order valence-corrected chi connectivity index (χ3v) is 4.47. The van der Waals surface area contributed by atoms with Gasteiger partial charge in [-0.2, -0.15) is 5.10 Å². The SMILES string of the molecule is O=C(Nc1cccc(-n2cccn2)c1)N1CCCC[C@@H]1c1ncc[nH]1. The molecule has 0 aliphatic carbocycles. The van der Waals surface area contributed by atoms with Gasteiger partial charge in [0.05, 0.1) is 11.7 Å². The molecule has 0 unspecified atom stereocenters. The van der Waals surface area contributed by atoms with Crippen LogP contribution in [0.5, 0.6) is 0 Å². The summed E-state index contributed by atoms with van der Waals surface area (Å²) in [4.78, 5) is 22.2. The number of hydrogen-bond donors (Lipinski definition) is 2. The average Bonchev–Trinajstić information content (AvgIpc) is 3.36. The number of likely N-dealkylation sites (tertiary alicyclic amines) is 1. The van der Waals surface area contributed by atoms with E-state index >= 15 is 0 Å². The number of imidazole rings is 1. The van der Waals surface area contributed by atoms with Crippen LogP contribution >= 0.6 is 0 Å². The van der Waals surface area contributed by atoms with Crippen molar-refractivity contribution < 1.29 is 4.79 Å². The Balaban J connectivity index is 1.52. The fraction of sp³-hybridized carbons (Fsp3) is 0.278. The molecular weight excluding hydrogens is 316 g/mol. The predicted octanol–water partition coefficient (Wildman–Crippen LogP) is 3.35. The molecule has 25 heavy (non-hydrogen) atoms. The molecule has 2 amide bonds. The molecule has 0 spiro atoms. The summed E-state index contributed by atoms with van der Waals surface area (Å²) in [5.74, 6) is 0.847. The zero-order valence-electron chi connectivity index (χ0n) is 13.8. The van der Waals surface area contributed by atoms with Gasteiger partial charge in [0, 0.05) is 37.0 Å². The van der Waals surface area contributed by atoms with Crippen LogP contribution < -0.4 is 5.32 Å². The largest absolute Gasteiger partial charge is 0.347 e. The fourth-order valence-corrected chi connectivity index (χ4v) is 3.26. The lowest BCUT2D eigenvalue weighted by Gasteiger charge is -2.34. The highest BCUT2D eigenvalue weighted by molar-refractivity contribution is 5.90. The highest BCUT2D eigenvalue weighted by atomic mass is 16.2. The Morgan fingerprint density at radius 2 is 2.20 bits per heavy atom. The molecule has 3 heterocycles. The molecule has 2 N–H and O–H groups in total. The minimum atomic E-state index is -0.0984. The highest BCUT2D eigenvalue weighted by Crippen LogP contribution is 2.29. The van der Waals surface area contributed by atoms with Crippen LogP contribution in [0.15, 0.2) is 55.1 Å². The van der Waals surface area contributed by atoms with Gasteiger partial charge in [0.25, 0.3) is 0 Å². The van der Waals surface area contributed by atoms with E-state index in [1.807, 2.05) is 41.4 Å². The summed E-state index contributed by atoms with van der Waals surface area (Å²) in [5, 5.41) is 7.23. The number of nitrogens with zero attached hydrogens (tertiary/aromatic N) is 4. The number of carbonyl (C=O) groups excluding carboxylic acids is 1. The Kier molecular flexibility index (Phi) is 4.20. The van der Waals surface area contributed by atoms with Crippen LogP contribution in [-0.4, -0.2) is 37.2 Å². The Bertz CT molecular complexity index is 827. The van der Waals surface area contributed by atoms with Gasteiger partial charge >= 0.3 is 6.03 Å². The lowest BCUT2D eigenvalue weighted by Crippen LogP contribution is -2.41. The van der Waals surface area contributed by atoms with Gasteiger partial charge in [-0.25, -0.2) is 14.5 Å². The lowest BCUT2D eigenvalue weighted by molar-refractivity contribution is 0.160. The second-order valence-electron chi connectivity index (χ2n) is 6.11. The quantitative estimate of drug-likeness (QED) is 0.770. The summed E-state index contributed by atoms with van der Waals surface area (Å²) in [6, 6.07) is 9.43. The minimum Gasteiger partial charge on any atom is -0.347 e. The first-order chi connectivity index (χ1) is 12.3. The highest BCUT2D eigenvalue weighted by Gasteiger charge is 2.29. The number of nitrogens with one attached hydrogen (secondary N) is 2. The van der Waals surface area contributed by atoms with E-state index in [0.29, 0.717) is 0 Å². The number of urea groups is 1. The third kappa shape index (κ3) is 3.26. The number of aromatic amines is 1. The summed E-state index contributed by atoms with van der Waals surface area (Å²) < 4.78 is 1.77. The fourth-order valence-electron chi connectivity index (χ4n) is 3.26. The summed E-state index contributed by atoms with van der Waals surface area (Å²) in [7, 11) is 0. The van der Waals surface area contributed by atoms with E-state index in [-0.39, 0.29) is 12.1 Å². The maximum Gasteiger partial charge on any atom is 0.322 e.